The first kappa shape index (κ1) is 15.3. The largest absolute Gasteiger partial charge is 0.476 e. The number of ketones is 1. The van der Waals surface area contributed by atoms with Crippen LogP contribution < -0.4 is 4.74 Å². The van der Waals surface area contributed by atoms with Crippen molar-refractivity contribution < 1.29 is 9.53 Å². The summed E-state index contributed by atoms with van der Waals surface area (Å²) in [5, 5.41) is 0. The molecule has 0 atom stereocenters. The van der Waals surface area contributed by atoms with E-state index in [1.165, 1.54) is 0 Å². The molecule has 0 radical (unpaired) electrons. The van der Waals surface area contributed by atoms with Crippen LogP contribution in [0.1, 0.15) is 43.8 Å². The Hall–Kier alpha value is -1.71. The molecule has 0 fully saturated rings. The molecule has 1 aromatic rings. The van der Waals surface area contributed by atoms with Crippen molar-refractivity contribution in [3.8, 4) is 5.88 Å². The molecule has 0 bridgehead atoms. The molecule has 4 nitrogen and oxygen atoms in total. The Balaban J connectivity index is 2.67. The van der Waals surface area contributed by atoms with Gasteiger partial charge in [0.1, 0.15) is 5.78 Å². The fourth-order valence-corrected chi connectivity index (χ4v) is 1.68. The lowest BCUT2D eigenvalue weighted by Gasteiger charge is -2.10. The third kappa shape index (κ3) is 5.20. The summed E-state index contributed by atoms with van der Waals surface area (Å²) in [6.45, 7) is 7.96. The fourth-order valence-electron chi connectivity index (χ4n) is 1.68. The molecule has 0 aromatic carbocycles. The highest BCUT2D eigenvalue weighted by Crippen LogP contribution is 2.16. The number of ether oxygens (including phenoxy) is 1. The predicted molar refractivity (Wildman–Crippen MR) is 75.4 cm³/mol. The van der Waals surface area contributed by atoms with Gasteiger partial charge in [-0.2, -0.15) is 0 Å². The molecule has 1 aromatic heterocycles. The molecule has 19 heavy (non-hydrogen) atoms. The van der Waals surface area contributed by atoms with Gasteiger partial charge in [-0.15, -0.1) is 0 Å². The summed E-state index contributed by atoms with van der Waals surface area (Å²) in [5.41, 5.74) is 2.24. The molecule has 4 heteroatoms. The number of aryl methyl sites for hydroxylation is 2. The first-order valence-corrected chi connectivity index (χ1v) is 6.66. The van der Waals surface area contributed by atoms with Crippen molar-refractivity contribution in [1.82, 2.24) is 9.97 Å². The summed E-state index contributed by atoms with van der Waals surface area (Å²) in [7, 11) is 0. The molecule has 0 aliphatic heterocycles. The Bertz CT molecular complexity index is 467. The standard InChI is InChI=1S/C15H22N2O2/c1-5-6-7-8-9-19-15-13(4)16-14(10-11(2)18)12(3)17-15/h6-7H,5,8-10H2,1-4H3/b7-6-. The van der Waals surface area contributed by atoms with Gasteiger partial charge in [0.25, 0.3) is 0 Å². The maximum Gasteiger partial charge on any atom is 0.235 e. The molecule has 0 N–H and O–H groups in total. The second kappa shape index (κ2) is 7.67. The van der Waals surface area contributed by atoms with Gasteiger partial charge in [-0.25, -0.2) is 4.98 Å². The zero-order chi connectivity index (χ0) is 14.3. The minimum Gasteiger partial charge on any atom is -0.476 e. The lowest BCUT2D eigenvalue weighted by atomic mass is 10.2. The van der Waals surface area contributed by atoms with E-state index in [4.69, 9.17) is 4.74 Å². The van der Waals surface area contributed by atoms with Crippen molar-refractivity contribution >= 4 is 5.78 Å². The van der Waals surface area contributed by atoms with Crippen LogP contribution in [0, 0.1) is 13.8 Å². The van der Waals surface area contributed by atoms with Crippen LogP contribution in [0.25, 0.3) is 0 Å². The summed E-state index contributed by atoms with van der Waals surface area (Å²) in [5.74, 6) is 0.657. The van der Waals surface area contributed by atoms with E-state index in [-0.39, 0.29) is 5.78 Å². The second-order valence-corrected chi connectivity index (χ2v) is 4.54. The maximum atomic E-state index is 11.1. The summed E-state index contributed by atoms with van der Waals surface area (Å²) < 4.78 is 5.61. The smallest absolute Gasteiger partial charge is 0.235 e. The Kier molecular flexibility index (Phi) is 6.19. The molecule has 0 spiro atoms. The Morgan fingerprint density at radius 3 is 2.58 bits per heavy atom. The zero-order valence-corrected chi connectivity index (χ0v) is 12.2. The van der Waals surface area contributed by atoms with Crippen molar-refractivity contribution in [2.24, 2.45) is 0 Å². The first-order chi connectivity index (χ1) is 9.04. The molecular weight excluding hydrogens is 240 g/mol. The quantitative estimate of drug-likeness (QED) is 0.560. The molecule has 0 saturated carbocycles. The summed E-state index contributed by atoms with van der Waals surface area (Å²) in [4.78, 5) is 19.9. The third-order valence-electron chi connectivity index (χ3n) is 2.64. The number of nitrogens with zero attached hydrogens (tertiary/aromatic N) is 2. The van der Waals surface area contributed by atoms with E-state index in [1.54, 1.807) is 6.92 Å². The SMILES string of the molecule is CC/C=C\CCOc1nc(C)c(CC(C)=O)nc1C. The normalized spacial score (nSPS) is 10.9. The predicted octanol–water partition coefficient (Wildman–Crippen LogP) is 2.96. The number of Topliss-reactive ketones (excluding diaryl/α,β-unsaturated/α-hetero) is 1. The van der Waals surface area contributed by atoms with Crippen LogP contribution in [0.15, 0.2) is 12.2 Å². The van der Waals surface area contributed by atoms with Gasteiger partial charge in [0.2, 0.25) is 5.88 Å². The summed E-state index contributed by atoms with van der Waals surface area (Å²) in [6.07, 6.45) is 6.45. The number of hydrogen-bond donors (Lipinski definition) is 0. The average molecular weight is 262 g/mol. The summed E-state index contributed by atoms with van der Waals surface area (Å²) in [6, 6.07) is 0. The molecule has 0 unspecified atom stereocenters. The van der Waals surface area contributed by atoms with E-state index >= 15 is 0 Å². The van der Waals surface area contributed by atoms with Crippen LogP contribution in [0.3, 0.4) is 0 Å². The zero-order valence-electron chi connectivity index (χ0n) is 12.2. The van der Waals surface area contributed by atoms with E-state index in [0.717, 1.165) is 29.9 Å². The minimum absolute atomic E-state index is 0.0928. The van der Waals surface area contributed by atoms with E-state index in [2.05, 4.69) is 29.0 Å². The maximum absolute atomic E-state index is 11.1. The Morgan fingerprint density at radius 1 is 1.21 bits per heavy atom. The minimum atomic E-state index is 0.0928. The Morgan fingerprint density at radius 2 is 1.95 bits per heavy atom. The fraction of sp³-hybridized carbons (Fsp3) is 0.533. The van der Waals surface area contributed by atoms with Crippen molar-refractivity contribution in [2.45, 2.75) is 47.0 Å². The lowest BCUT2D eigenvalue weighted by Crippen LogP contribution is -2.08. The number of carbonyl (C=O) groups is 1. The van der Waals surface area contributed by atoms with Crippen LogP contribution >= 0.6 is 0 Å². The van der Waals surface area contributed by atoms with Crippen molar-refractivity contribution in [3.05, 3.63) is 29.2 Å². The van der Waals surface area contributed by atoms with Gasteiger partial charge in [-0.3, -0.25) is 9.78 Å². The van der Waals surface area contributed by atoms with E-state index in [9.17, 15) is 4.79 Å². The van der Waals surface area contributed by atoms with Crippen molar-refractivity contribution in [2.75, 3.05) is 6.61 Å². The highest BCUT2D eigenvalue weighted by Gasteiger charge is 2.10. The molecular formula is C15H22N2O2. The lowest BCUT2D eigenvalue weighted by molar-refractivity contribution is -0.116. The van der Waals surface area contributed by atoms with E-state index < -0.39 is 0 Å². The summed E-state index contributed by atoms with van der Waals surface area (Å²) >= 11 is 0. The van der Waals surface area contributed by atoms with Gasteiger partial charge in [0.15, 0.2) is 0 Å². The average Bonchev–Trinajstić information content (AvgIpc) is 2.34. The number of hydrogen-bond acceptors (Lipinski definition) is 4. The van der Waals surface area contributed by atoms with Crippen LogP contribution in [-0.4, -0.2) is 22.4 Å². The van der Waals surface area contributed by atoms with Crippen LogP contribution in [0.5, 0.6) is 5.88 Å². The van der Waals surface area contributed by atoms with Crippen molar-refractivity contribution in [3.63, 3.8) is 0 Å². The van der Waals surface area contributed by atoms with Gasteiger partial charge in [0.05, 0.1) is 30.1 Å². The van der Waals surface area contributed by atoms with E-state index in [1.807, 2.05) is 13.8 Å². The Labute approximate surface area is 114 Å². The molecule has 104 valence electrons. The molecule has 0 saturated heterocycles. The highest BCUT2D eigenvalue weighted by atomic mass is 16.5. The van der Waals surface area contributed by atoms with Crippen LogP contribution in [0.4, 0.5) is 0 Å². The third-order valence-corrected chi connectivity index (χ3v) is 2.64. The van der Waals surface area contributed by atoms with Crippen molar-refractivity contribution in [1.29, 1.82) is 0 Å². The molecule has 0 amide bonds. The van der Waals surface area contributed by atoms with Gasteiger partial charge in [0, 0.05) is 0 Å². The van der Waals surface area contributed by atoms with Crippen LogP contribution in [-0.2, 0) is 11.2 Å². The molecule has 1 rings (SSSR count). The van der Waals surface area contributed by atoms with Gasteiger partial charge >= 0.3 is 0 Å². The highest BCUT2D eigenvalue weighted by molar-refractivity contribution is 5.77. The van der Waals surface area contributed by atoms with Gasteiger partial charge < -0.3 is 4.74 Å². The van der Waals surface area contributed by atoms with Gasteiger partial charge in [-0.1, -0.05) is 19.1 Å². The number of rotatable bonds is 7. The molecule has 1 heterocycles. The molecule has 0 aliphatic carbocycles. The topological polar surface area (TPSA) is 52.1 Å². The first-order valence-electron chi connectivity index (χ1n) is 6.66. The van der Waals surface area contributed by atoms with E-state index in [0.29, 0.717) is 18.9 Å². The number of allylic oxidation sites excluding steroid dienone is 1. The monoisotopic (exact) mass is 262 g/mol. The second-order valence-electron chi connectivity index (χ2n) is 4.54. The van der Waals surface area contributed by atoms with Gasteiger partial charge in [-0.05, 0) is 33.6 Å². The van der Waals surface area contributed by atoms with Crippen LogP contribution in [0.2, 0.25) is 0 Å². The number of carbonyl (C=O) groups excluding carboxylic acids is 1. The molecule has 0 aliphatic rings. The number of aromatic nitrogens is 2.